The van der Waals surface area contributed by atoms with Crippen LogP contribution in [0.3, 0.4) is 0 Å². The predicted octanol–water partition coefficient (Wildman–Crippen LogP) is 7.84. The molecule has 227 valence electrons. The number of nitrogens with one attached hydrogen (secondary N) is 1. The summed E-state index contributed by atoms with van der Waals surface area (Å²) in [7, 11) is 3.19. The van der Waals surface area contributed by atoms with Crippen molar-refractivity contribution in [2.24, 2.45) is 10.7 Å². The van der Waals surface area contributed by atoms with E-state index in [4.69, 9.17) is 15.6 Å². The Morgan fingerprint density at radius 2 is 1.80 bits per heavy atom. The molecule has 3 aromatic rings. The molecule has 0 spiro atoms. The third kappa shape index (κ3) is 11.9. The zero-order chi connectivity index (χ0) is 30.8. The number of rotatable bonds is 12. The standard InChI is InChI=1S/C20H17FN3.C12H25N.CH4O.CH2O.2H2/c1-12-8-14(4-7-18(12)24-20(10-22)13-2-3-13)17-11-23-19-9-15(21)5-6-16(17)19;1-5-7-8-12(3)9-11-13(4)10-6-2;2*1-2;;/h2-9,11,23H,10,22H2,1H3;3,5-11H2,1-2,4H3;2H,1H3;1H2;2*1H. The molecule has 2 aromatic carbocycles. The van der Waals surface area contributed by atoms with Gasteiger partial charge in [0.15, 0.2) is 0 Å². The molecule has 4 N–H and O–H groups in total. The van der Waals surface area contributed by atoms with Gasteiger partial charge in [-0.15, -0.1) is 0 Å². The first-order chi connectivity index (χ1) is 19.9. The number of aliphatic hydroxyl groups is 1. The zero-order valence-electron chi connectivity index (χ0n) is 25.5. The minimum atomic E-state index is -0.239. The summed E-state index contributed by atoms with van der Waals surface area (Å²) in [5.41, 5.74) is 14.2. The van der Waals surface area contributed by atoms with Crippen molar-refractivity contribution in [3.8, 4) is 11.1 Å². The number of aryl methyl sites for hydroxylation is 1. The number of nitrogens with zero attached hydrogens (tertiary/aromatic N) is 2. The molecule has 1 aromatic heterocycles. The maximum atomic E-state index is 13.3. The largest absolute Gasteiger partial charge is 0.400 e. The van der Waals surface area contributed by atoms with E-state index in [1.165, 1.54) is 62.9 Å². The normalized spacial score (nSPS) is 11.9. The number of aliphatic imine (C=N–C) groups is 1. The summed E-state index contributed by atoms with van der Waals surface area (Å²) in [5, 5.41) is 8.01. The van der Waals surface area contributed by atoms with Crippen LogP contribution in [0.1, 0.15) is 54.4 Å². The molecule has 0 aliphatic heterocycles. The van der Waals surface area contributed by atoms with E-state index in [1.807, 2.05) is 44.5 Å². The molecule has 0 unspecified atom stereocenters. The first-order valence-electron chi connectivity index (χ1n) is 14.2. The molecule has 1 heterocycles. The molecule has 1 radical (unpaired) electrons. The average Bonchev–Trinajstić information content (AvgIpc) is 3.75. The van der Waals surface area contributed by atoms with Crippen LogP contribution >= 0.6 is 0 Å². The molecule has 1 aliphatic carbocycles. The van der Waals surface area contributed by atoms with Gasteiger partial charge in [-0.1, -0.05) is 44.6 Å². The van der Waals surface area contributed by atoms with Crippen LogP contribution in [0.15, 0.2) is 71.4 Å². The summed E-state index contributed by atoms with van der Waals surface area (Å²) in [4.78, 5) is 18.2. The van der Waals surface area contributed by atoms with Gasteiger partial charge in [0.05, 0.1) is 11.4 Å². The third-order valence-electron chi connectivity index (χ3n) is 6.60. The highest BCUT2D eigenvalue weighted by atomic mass is 19.1. The lowest BCUT2D eigenvalue weighted by Crippen LogP contribution is -2.20. The summed E-state index contributed by atoms with van der Waals surface area (Å²) in [6, 6.07) is 10.9. The molecule has 0 saturated carbocycles. The number of carbonyl (C=O) groups excluding carboxylic acids is 1. The topological polar surface area (TPSA) is 94.7 Å². The quantitative estimate of drug-likeness (QED) is 0.153. The van der Waals surface area contributed by atoms with Gasteiger partial charge in [-0.2, -0.15) is 0 Å². The zero-order valence-corrected chi connectivity index (χ0v) is 25.5. The van der Waals surface area contributed by atoms with E-state index in [0.29, 0.717) is 6.54 Å². The number of halogens is 1. The lowest BCUT2D eigenvalue weighted by molar-refractivity contribution is -0.0980. The van der Waals surface area contributed by atoms with Gasteiger partial charge in [-0.05, 0) is 93.2 Å². The van der Waals surface area contributed by atoms with Crippen molar-refractivity contribution >= 4 is 29.1 Å². The lowest BCUT2D eigenvalue weighted by atomic mass is 10.0. The highest BCUT2D eigenvalue weighted by molar-refractivity contribution is 6.09. The van der Waals surface area contributed by atoms with E-state index >= 15 is 0 Å². The van der Waals surface area contributed by atoms with Crippen LogP contribution in [0.5, 0.6) is 0 Å². The van der Waals surface area contributed by atoms with Crippen molar-refractivity contribution in [3.05, 3.63) is 84.2 Å². The van der Waals surface area contributed by atoms with Crippen LogP contribution in [-0.4, -0.2) is 61.3 Å². The molecular formula is C34H52FN4O2. The molecule has 7 heteroatoms. The Morgan fingerprint density at radius 3 is 2.39 bits per heavy atom. The number of hydrogen-bond donors (Lipinski definition) is 3. The monoisotopic (exact) mass is 567 g/mol. The highest BCUT2D eigenvalue weighted by Crippen LogP contribution is 2.32. The minimum Gasteiger partial charge on any atom is -0.400 e. The summed E-state index contributed by atoms with van der Waals surface area (Å²) in [6.07, 6.45) is 12.2. The number of H-pyrrole nitrogens is 1. The molecular weight excluding hydrogens is 515 g/mol. The molecule has 0 atom stereocenters. The second-order valence-corrected chi connectivity index (χ2v) is 9.85. The molecule has 0 fully saturated rings. The summed E-state index contributed by atoms with van der Waals surface area (Å²) < 4.78 is 13.3. The minimum absolute atomic E-state index is 0. The van der Waals surface area contributed by atoms with E-state index in [2.05, 4.69) is 48.4 Å². The number of nitrogens with two attached hydrogens (primary N) is 1. The van der Waals surface area contributed by atoms with Gasteiger partial charge in [0.1, 0.15) is 12.6 Å². The molecule has 4 rings (SSSR count). The molecule has 0 bridgehead atoms. The maximum absolute atomic E-state index is 13.3. The Hall–Kier alpha value is -3.39. The van der Waals surface area contributed by atoms with Crippen LogP contribution < -0.4 is 5.73 Å². The summed E-state index contributed by atoms with van der Waals surface area (Å²) in [6.45, 7) is 15.4. The fraction of sp³-hybridized carbons (Fsp3) is 0.382. The van der Waals surface area contributed by atoms with Crippen molar-refractivity contribution in [3.63, 3.8) is 0 Å². The van der Waals surface area contributed by atoms with Crippen molar-refractivity contribution in [2.45, 2.75) is 52.9 Å². The second kappa shape index (κ2) is 19.6. The number of aromatic nitrogens is 1. The van der Waals surface area contributed by atoms with Crippen LogP contribution in [0.4, 0.5) is 10.1 Å². The Kier molecular flexibility index (Phi) is 17.1. The van der Waals surface area contributed by atoms with Gasteiger partial charge >= 0.3 is 0 Å². The lowest BCUT2D eigenvalue weighted by Gasteiger charge is -2.15. The first-order valence-corrected chi connectivity index (χ1v) is 14.2. The van der Waals surface area contributed by atoms with E-state index in [0.717, 1.165) is 51.7 Å². The molecule has 41 heavy (non-hydrogen) atoms. The van der Waals surface area contributed by atoms with Gasteiger partial charge in [0.2, 0.25) is 0 Å². The number of benzene rings is 2. The van der Waals surface area contributed by atoms with Gasteiger partial charge in [-0.25, -0.2) is 4.39 Å². The first kappa shape index (κ1) is 35.6. The van der Waals surface area contributed by atoms with Crippen molar-refractivity contribution < 1.29 is 17.1 Å². The van der Waals surface area contributed by atoms with Gasteiger partial charge in [0.25, 0.3) is 0 Å². The van der Waals surface area contributed by atoms with E-state index in [-0.39, 0.29) is 8.67 Å². The average molecular weight is 568 g/mol. The maximum Gasteiger partial charge on any atom is 0.125 e. The fourth-order valence-corrected chi connectivity index (χ4v) is 4.29. The Bertz CT molecular complexity index is 1290. The number of allylic oxidation sites excluding steroid dienone is 1. The van der Waals surface area contributed by atoms with E-state index in [9.17, 15) is 4.39 Å². The van der Waals surface area contributed by atoms with Gasteiger partial charge in [0, 0.05) is 52.1 Å². The Morgan fingerprint density at radius 1 is 1.10 bits per heavy atom. The van der Waals surface area contributed by atoms with E-state index < -0.39 is 0 Å². The second-order valence-electron chi connectivity index (χ2n) is 9.85. The van der Waals surface area contributed by atoms with Crippen LogP contribution in [-0.2, 0) is 4.79 Å². The van der Waals surface area contributed by atoms with Crippen molar-refractivity contribution in [2.75, 3.05) is 33.8 Å². The van der Waals surface area contributed by atoms with Crippen LogP contribution in [0, 0.1) is 19.2 Å². The van der Waals surface area contributed by atoms with Gasteiger partial charge in [-0.3, -0.25) is 4.99 Å². The molecule has 0 saturated heterocycles. The number of unbranched alkanes of at least 4 members (excludes halogenated alkanes) is 1. The number of fused-ring (bicyclic) bond motifs is 1. The van der Waals surface area contributed by atoms with Gasteiger partial charge < -0.3 is 25.5 Å². The summed E-state index contributed by atoms with van der Waals surface area (Å²) in [5.74, 6) is -0.239. The number of aromatic amines is 1. The smallest absolute Gasteiger partial charge is 0.125 e. The number of carbonyl (C=O) groups is 1. The Labute approximate surface area is 248 Å². The third-order valence-corrected chi connectivity index (χ3v) is 6.60. The number of aliphatic hydroxyl groups excluding tert-OH is 1. The molecule has 6 nitrogen and oxygen atoms in total. The van der Waals surface area contributed by atoms with Crippen molar-refractivity contribution in [1.29, 1.82) is 0 Å². The van der Waals surface area contributed by atoms with E-state index in [1.54, 1.807) is 6.07 Å². The highest BCUT2D eigenvalue weighted by Gasteiger charge is 2.15. The number of hydrogen-bond acceptors (Lipinski definition) is 5. The van der Waals surface area contributed by atoms with Crippen LogP contribution in [0.2, 0.25) is 0 Å². The SMILES string of the molecule is C=C(CCCC)CCN(C)CCC.C=O.CO.Cc1cc(-c2c[nH]c3cc(F)ccc23)ccc1N=C(CN)C1=C[CH]1.[HH].[HH]. The summed E-state index contributed by atoms with van der Waals surface area (Å²) >= 11 is 0. The van der Waals surface area contributed by atoms with Crippen LogP contribution in [0.25, 0.3) is 22.0 Å². The Balaban J connectivity index is 0. The van der Waals surface area contributed by atoms with Crippen molar-refractivity contribution in [1.82, 2.24) is 9.88 Å². The molecule has 0 amide bonds. The predicted molar refractivity (Wildman–Crippen MR) is 178 cm³/mol. The fourth-order valence-electron chi connectivity index (χ4n) is 4.29. The molecule has 1 aliphatic rings.